The van der Waals surface area contributed by atoms with Crippen LogP contribution in [0, 0.1) is 6.92 Å². The Morgan fingerprint density at radius 1 is 1.57 bits per heavy atom. The van der Waals surface area contributed by atoms with Crippen LogP contribution in [-0.4, -0.2) is 41.7 Å². The van der Waals surface area contributed by atoms with Gasteiger partial charge in [-0.05, 0) is 6.92 Å². The van der Waals surface area contributed by atoms with E-state index in [4.69, 9.17) is 4.74 Å². The Bertz CT molecular complexity index is 303. The Hall–Kier alpha value is -0.720. The fraction of sp³-hybridized carbons (Fsp3) is 0.750. The highest BCUT2D eigenvalue weighted by Gasteiger charge is 2.27. The van der Waals surface area contributed by atoms with Gasteiger partial charge in [0.2, 0.25) is 5.13 Å². The van der Waals surface area contributed by atoms with Crippen LogP contribution < -0.4 is 10.6 Å². The normalized spacial score (nSPS) is 26.7. The van der Waals surface area contributed by atoms with Gasteiger partial charge in [0.15, 0.2) is 0 Å². The lowest BCUT2D eigenvalue weighted by molar-refractivity contribution is 0.111. The number of hydrogen-bond acceptors (Lipinski definition) is 6. The van der Waals surface area contributed by atoms with Gasteiger partial charge in [-0.25, -0.2) is 4.98 Å². The maximum atomic E-state index is 5.33. The van der Waals surface area contributed by atoms with E-state index in [1.807, 2.05) is 6.92 Å². The molecule has 0 aromatic carbocycles. The van der Waals surface area contributed by atoms with Crippen LogP contribution in [0.25, 0.3) is 0 Å². The maximum Gasteiger partial charge on any atom is 0.202 e. The molecular formula is C8H14N4OS. The second kappa shape index (κ2) is 4.20. The number of aryl methyl sites for hydroxylation is 1. The molecule has 1 aromatic rings. The van der Waals surface area contributed by atoms with Gasteiger partial charge in [-0.15, -0.1) is 0 Å². The average molecular weight is 214 g/mol. The Kier molecular flexibility index (Phi) is 2.95. The van der Waals surface area contributed by atoms with Crippen LogP contribution in [0.3, 0.4) is 0 Å². The first kappa shape index (κ1) is 9.82. The molecule has 1 saturated heterocycles. The first-order valence-corrected chi connectivity index (χ1v) is 5.37. The van der Waals surface area contributed by atoms with Crippen molar-refractivity contribution in [3.63, 3.8) is 0 Å². The molecule has 1 unspecified atom stereocenters. The van der Waals surface area contributed by atoms with Crippen molar-refractivity contribution in [2.24, 2.45) is 0 Å². The molecule has 1 aliphatic rings. The predicted molar refractivity (Wildman–Crippen MR) is 55.7 cm³/mol. The molecule has 0 saturated carbocycles. The summed E-state index contributed by atoms with van der Waals surface area (Å²) >= 11 is 1.39. The molecule has 2 atom stereocenters. The highest BCUT2D eigenvalue weighted by molar-refractivity contribution is 7.09. The van der Waals surface area contributed by atoms with E-state index in [0.29, 0.717) is 6.04 Å². The van der Waals surface area contributed by atoms with Crippen molar-refractivity contribution in [1.82, 2.24) is 14.7 Å². The van der Waals surface area contributed by atoms with Crippen molar-refractivity contribution in [2.75, 3.05) is 25.5 Å². The summed E-state index contributed by atoms with van der Waals surface area (Å²) in [7, 11) is 1.73. The molecule has 6 heteroatoms. The van der Waals surface area contributed by atoms with Gasteiger partial charge in [-0.1, -0.05) is 0 Å². The lowest BCUT2D eigenvalue weighted by Crippen LogP contribution is -2.33. The Balaban J connectivity index is 1.96. The number of methoxy groups -OCH3 is 1. The largest absolute Gasteiger partial charge is 0.378 e. The molecule has 78 valence electrons. The monoisotopic (exact) mass is 214 g/mol. The van der Waals surface area contributed by atoms with Crippen LogP contribution in [0.15, 0.2) is 0 Å². The molecule has 1 aromatic heterocycles. The maximum absolute atomic E-state index is 5.33. The number of rotatable bonds is 3. The van der Waals surface area contributed by atoms with E-state index in [1.54, 1.807) is 7.11 Å². The number of anilines is 1. The van der Waals surface area contributed by atoms with Crippen LogP contribution in [0.4, 0.5) is 5.13 Å². The second-order valence-corrected chi connectivity index (χ2v) is 4.08. The molecule has 5 nitrogen and oxygen atoms in total. The van der Waals surface area contributed by atoms with Crippen molar-refractivity contribution in [3.05, 3.63) is 5.82 Å². The third-order valence-electron chi connectivity index (χ3n) is 2.30. The lowest BCUT2D eigenvalue weighted by Gasteiger charge is -2.17. The topological polar surface area (TPSA) is 59.1 Å². The molecule has 0 spiro atoms. The van der Waals surface area contributed by atoms with Crippen molar-refractivity contribution in [3.8, 4) is 0 Å². The smallest absolute Gasteiger partial charge is 0.202 e. The zero-order valence-corrected chi connectivity index (χ0v) is 9.10. The summed E-state index contributed by atoms with van der Waals surface area (Å²) in [6, 6.07) is 0.298. The van der Waals surface area contributed by atoms with E-state index in [9.17, 15) is 0 Å². The molecule has 0 amide bonds. The van der Waals surface area contributed by atoms with Gasteiger partial charge in [-0.2, -0.15) is 4.37 Å². The molecule has 2 rings (SSSR count). The van der Waals surface area contributed by atoms with E-state index in [2.05, 4.69) is 20.0 Å². The van der Waals surface area contributed by atoms with E-state index in [0.717, 1.165) is 24.0 Å². The molecule has 14 heavy (non-hydrogen) atoms. The molecular weight excluding hydrogens is 200 g/mol. The van der Waals surface area contributed by atoms with Crippen molar-refractivity contribution < 1.29 is 4.74 Å². The van der Waals surface area contributed by atoms with Gasteiger partial charge in [0.05, 0.1) is 12.1 Å². The molecule has 0 aliphatic carbocycles. The second-order valence-electron chi connectivity index (χ2n) is 3.33. The highest BCUT2D eigenvalue weighted by Crippen LogP contribution is 2.15. The Morgan fingerprint density at radius 3 is 3.07 bits per heavy atom. The fourth-order valence-corrected chi connectivity index (χ4v) is 2.20. The molecule has 0 bridgehead atoms. The zero-order chi connectivity index (χ0) is 9.97. The summed E-state index contributed by atoms with van der Waals surface area (Å²) in [5.74, 6) is 0.817. The Morgan fingerprint density at radius 2 is 2.43 bits per heavy atom. The average Bonchev–Trinajstić information content (AvgIpc) is 2.76. The third kappa shape index (κ3) is 2.02. The summed E-state index contributed by atoms with van der Waals surface area (Å²) < 4.78 is 9.45. The van der Waals surface area contributed by atoms with Crippen LogP contribution in [0.5, 0.6) is 0 Å². The van der Waals surface area contributed by atoms with Crippen LogP contribution in [-0.2, 0) is 4.74 Å². The van der Waals surface area contributed by atoms with Crippen molar-refractivity contribution >= 4 is 16.7 Å². The minimum atomic E-state index is 0.221. The number of nitrogens with zero attached hydrogens (tertiary/aromatic N) is 2. The van der Waals surface area contributed by atoms with Crippen molar-refractivity contribution in [2.45, 2.75) is 19.1 Å². The van der Waals surface area contributed by atoms with E-state index in [1.165, 1.54) is 11.5 Å². The van der Waals surface area contributed by atoms with E-state index < -0.39 is 0 Å². The molecule has 1 aliphatic heterocycles. The van der Waals surface area contributed by atoms with Crippen LogP contribution >= 0.6 is 11.5 Å². The third-order valence-corrected chi connectivity index (χ3v) is 3.04. The molecule has 2 N–H and O–H groups in total. The molecule has 2 heterocycles. The van der Waals surface area contributed by atoms with E-state index in [-0.39, 0.29) is 6.10 Å². The van der Waals surface area contributed by atoms with Gasteiger partial charge in [0.1, 0.15) is 5.82 Å². The van der Waals surface area contributed by atoms with Gasteiger partial charge >= 0.3 is 0 Å². The zero-order valence-electron chi connectivity index (χ0n) is 8.28. The van der Waals surface area contributed by atoms with Crippen LogP contribution in [0.1, 0.15) is 5.82 Å². The lowest BCUT2D eigenvalue weighted by atomic mass is 10.2. The number of ether oxygens (including phenoxy) is 1. The SMILES string of the molecule is CO[C@H]1CNCC1Nc1nc(C)ns1. The van der Waals surface area contributed by atoms with E-state index >= 15 is 0 Å². The minimum absolute atomic E-state index is 0.221. The predicted octanol–water partition coefficient (Wildman–Crippen LogP) is 0.245. The number of hydrogen-bond donors (Lipinski definition) is 2. The summed E-state index contributed by atoms with van der Waals surface area (Å²) in [5, 5.41) is 7.46. The number of aromatic nitrogens is 2. The Labute approximate surface area is 87.0 Å². The molecule has 0 radical (unpaired) electrons. The minimum Gasteiger partial charge on any atom is -0.378 e. The standard InChI is InChI=1S/C8H14N4OS/c1-5-10-8(14-12-5)11-6-3-9-4-7(6)13-2/h6-7,9H,3-4H2,1-2H3,(H,10,11,12)/t6?,7-/m0/s1. The first-order chi connectivity index (χ1) is 6.79. The molecule has 1 fully saturated rings. The van der Waals surface area contributed by atoms with Gasteiger partial charge < -0.3 is 15.4 Å². The highest BCUT2D eigenvalue weighted by atomic mass is 32.1. The van der Waals surface area contributed by atoms with Crippen molar-refractivity contribution in [1.29, 1.82) is 0 Å². The van der Waals surface area contributed by atoms with Gasteiger partial charge in [0.25, 0.3) is 0 Å². The van der Waals surface area contributed by atoms with Gasteiger partial charge in [-0.3, -0.25) is 0 Å². The number of nitrogens with one attached hydrogen (secondary N) is 2. The first-order valence-electron chi connectivity index (χ1n) is 4.60. The summed E-state index contributed by atoms with van der Waals surface area (Å²) in [6.07, 6.45) is 0.221. The summed E-state index contributed by atoms with van der Waals surface area (Å²) in [6.45, 7) is 3.70. The summed E-state index contributed by atoms with van der Waals surface area (Å²) in [4.78, 5) is 4.26. The fourth-order valence-electron chi connectivity index (χ4n) is 1.56. The summed E-state index contributed by atoms with van der Waals surface area (Å²) in [5.41, 5.74) is 0. The van der Waals surface area contributed by atoms with Crippen LogP contribution in [0.2, 0.25) is 0 Å². The quantitative estimate of drug-likeness (QED) is 0.755. The van der Waals surface area contributed by atoms with Gasteiger partial charge in [0, 0.05) is 31.7 Å².